The predicted molar refractivity (Wildman–Crippen MR) is 60.8 cm³/mol. The zero-order valence-electron chi connectivity index (χ0n) is 9.51. The number of rotatable bonds is 2. The van der Waals surface area contributed by atoms with Gasteiger partial charge in [0, 0.05) is 32.1 Å². The van der Waals surface area contributed by atoms with E-state index in [1.807, 2.05) is 0 Å². The molecule has 1 aromatic rings. The summed E-state index contributed by atoms with van der Waals surface area (Å²) in [6.07, 6.45) is 1.04. The lowest BCUT2D eigenvalue weighted by atomic mass is 10.0. The van der Waals surface area contributed by atoms with Crippen LogP contribution in [0.4, 0.5) is 5.69 Å². The summed E-state index contributed by atoms with van der Waals surface area (Å²) in [5.74, 6) is 0.135. The van der Waals surface area contributed by atoms with E-state index in [1.54, 1.807) is 6.07 Å². The summed E-state index contributed by atoms with van der Waals surface area (Å²) in [5.41, 5.74) is 1.78. The second kappa shape index (κ2) is 4.63. The Hall–Kier alpha value is -1.75. The lowest BCUT2D eigenvalue weighted by molar-refractivity contribution is -0.385. The fourth-order valence-corrected chi connectivity index (χ4v) is 2.13. The van der Waals surface area contributed by atoms with Gasteiger partial charge in [0.2, 0.25) is 0 Å². The maximum absolute atomic E-state index is 11.5. The molecule has 0 aromatic heterocycles. The Labute approximate surface area is 98.5 Å². The van der Waals surface area contributed by atoms with E-state index in [4.69, 9.17) is 4.74 Å². The topological polar surface area (TPSA) is 69.4 Å². The fourth-order valence-electron chi connectivity index (χ4n) is 2.13. The lowest BCUT2D eigenvalue weighted by Crippen LogP contribution is -2.06. The SMILES string of the molecule is COC1CC(=O)CCc2ccc([N+](=O)[O-])cc21. The van der Waals surface area contributed by atoms with E-state index < -0.39 is 4.92 Å². The Morgan fingerprint density at radius 3 is 2.82 bits per heavy atom. The van der Waals surface area contributed by atoms with E-state index in [1.165, 1.54) is 19.2 Å². The average Bonchev–Trinajstić information content (AvgIpc) is 2.48. The molecule has 0 aliphatic heterocycles. The van der Waals surface area contributed by atoms with Gasteiger partial charge in [-0.2, -0.15) is 0 Å². The van der Waals surface area contributed by atoms with Crippen LogP contribution in [0.1, 0.15) is 30.1 Å². The van der Waals surface area contributed by atoms with Gasteiger partial charge in [-0.3, -0.25) is 14.9 Å². The van der Waals surface area contributed by atoms with Crippen molar-refractivity contribution in [2.45, 2.75) is 25.4 Å². The van der Waals surface area contributed by atoms with Gasteiger partial charge in [0.25, 0.3) is 5.69 Å². The number of benzene rings is 1. The van der Waals surface area contributed by atoms with Crippen molar-refractivity contribution in [1.29, 1.82) is 0 Å². The Morgan fingerprint density at radius 1 is 1.41 bits per heavy atom. The van der Waals surface area contributed by atoms with Crippen LogP contribution in [0.15, 0.2) is 18.2 Å². The van der Waals surface area contributed by atoms with Crippen molar-refractivity contribution in [3.63, 3.8) is 0 Å². The Morgan fingerprint density at radius 2 is 2.18 bits per heavy atom. The van der Waals surface area contributed by atoms with E-state index >= 15 is 0 Å². The second-order valence-electron chi connectivity index (χ2n) is 4.11. The molecule has 0 N–H and O–H groups in total. The van der Waals surface area contributed by atoms with Crippen molar-refractivity contribution in [2.24, 2.45) is 0 Å². The van der Waals surface area contributed by atoms with Crippen LogP contribution in [0.2, 0.25) is 0 Å². The van der Waals surface area contributed by atoms with Gasteiger partial charge in [-0.25, -0.2) is 0 Å². The monoisotopic (exact) mass is 235 g/mol. The first-order chi connectivity index (χ1) is 8.11. The van der Waals surface area contributed by atoms with Gasteiger partial charge in [-0.15, -0.1) is 0 Å². The van der Waals surface area contributed by atoms with Gasteiger partial charge in [0.1, 0.15) is 5.78 Å². The third-order valence-corrected chi connectivity index (χ3v) is 3.06. The highest BCUT2D eigenvalue weighted by Gasteiger charge is 2.24. The highest BCUT2D eigenvalue weighted by molar-refractivity contribution is 5.80. The maximum Gasteiger partial charge on any atom is 0.269 e. The van der Waals surface area contributed by atoms with E-state index in [2.05, 4.69) is 0 Å². The van der Waals surface area contributed by atoms with Gasteiger partial charge in [0.05, 0.1) is 11.0 Å². The number of hydrogen-bond acceptors (Lipinski definition) is 4. The molecule has 0 fully saturated rings. The molecule has 5 heteroatoms. The quantitative estimate of drug-likeness (QED) is 0.447. The third-order valence-electron chi connectivity index (χ3n) is 3.06. The predicted octanol–water partition coefficient (Wildman–Crippen LogP) is 2.19. The van der Waals surface area contributed by atoms with Crippen LogP contribution in [0.3, 0.4) is 0 Å². The van der Waals surface area contributed by atoms with E-state index in [0.29, 0.717) is 19.3 Å². The van der Waals surface area contributed by atoms with E-state index in [0.717, 1.165) is 11.1 Å². The molecule has 0 amide bonds. The number of hydrogen-bond donors (Lipinski definition) is 0. The second-order valence-corrected chi connectivity index (χ2v) is 4.11. The number of carbonyl (C=O) groups is 1. The molecular weight excluding hydrogens is 222 g/mol. The van der Waals surface area contributed by atoms with Crippen molar-refractivity contribution in [2.75, 3.05) is 7.11 Å². The molecule has 90 valence electrons. The molecular formula is C12H13NO4. The molecule has 0 saturated heterocycles. The lowest BCUT2D eigenvalue weighted by Gasteiger charge is -2.14. The van der Waals surface area contributed by atoms with Gasteiger partial charge < -0.3 is 4.74 Å². The number of nitro groups is 1. The van der Waals surface area contributed by atoms with Crippen LogP contribution in [0, 0.1) is 10.1 Å². The molecule has 0 saturated carbocycles. The van der Waals surface area contributed by atoms with Gasteiger partial charge >= 0.3 is 0 Å². The number of ether oxygens (including phenoxy) is 1. The highest BCUT2D eigenvalue weighted by atomic mass is 16.6. The standard InChI is InChI=1S/C12H13NO4/c1-17-12-7-10(14)5-3-8-2-4-9(13(15)16)6-11(8)12/h2,4,6,12H,3,5,7H2,1H3. The van der Waals surface area contributed by atoms with E-state index in [9.17, 15) is 14.9 Å². The average molecular weight is 235 g/mol. The summed E-state index contributed by atoms with van der Waals surface area (Å²) < 4.78 is 5.26. The number of nitro benzene ring substituents is 1. The molecule has 0 bridgehead atoms. The minimum absolute atomic E-state index is 0.0418. The molecule has 1 aliphatic carbocycles. The molecule has 1 aromatic carbocycles. The molecule has 0 heterocycles. The third kappa shape index (κ3) is 2.34. The fraction of sp³-hybridized carbons (Fsp3) is 0.417. The van der Waals surface area contributed by atoms with Crippen LogP contribution in [-0.4, -0.2) is 17.8 Å². The van der Waals surface area contributed by atoms with Crippen molar-refractivity contribution in [3.05, 3.63) is 39.4 Å². The zero-order valence-corrected chi connectivity index (χ0v) is 9.51. The molecule has 1 atom stereocenters. The molecule has 2 rings (SSSR count). The summed E-state index contributed by atoms with van der Waals surface area (Å²) in [6.45, 7) is 0. The van der Waals surface area contributed by atoms with Crippen molar-refractivity contribution >= 4 is 11.5 Å². The molecule has 0 spiro atoms. The number of methoxy groups -OCH3 is 1. The number of ketones is 1. The number of fused-ring (bicyclic) bond motifs is 1. The van der Waals surface area contributed by atoms with Crippen molar-refractivity contribution in [3.8, 4) is 0 Å². The molecule has 0 radical (unpaired) electrons. The van der Waals surface area contributed by atoms with Crippen LogP contribution < -0.4 is 0 Å². The number of nitrogens with zero attached hydrogens (tertiary/aromatic N) is 1. The normalized spacial score (nSPS) is 19.6. The van der Waals surface area contributed by atoms with E-state index in [-0.39, 0.29) is 17.6 Å². The number of non-ortho nitro benzene ring substituents is 1. The zero-order chi connectivity index (χ0) is 12.4. The first-order valence-electron chi connectivity index (χ1n) is 5.43. The summed E-state index contributed by atoms with van der Waals surface area (Å²) >= 11 is 0. The molecule has 1 aliphatic rings. The Kier molecular flexibility index (Phi) is 3.19. The first-order valence-corrected chi connectivity index (χ1v) is 5.43. The summed E-state index contributed by atoms with van der Waals surface area (Å²) in [7, 11) is 1.52. The molecule has 17 heavy (non-hydrogen) atoms. The minimum Gasteiger partial charge on any atom is -0.376 e. The largest absolute Gasteiger partial charge is 0.376 e. The van der Waals surface area contributed by atoms with Crippen LogP contribution >= 0.6 is 0 Å². The van der Waals surface area contributed by atoms with Crippen LogP contribution in [0.5, 0.6) is 0 Å². The highest BCUT2D eigenvalue weighted by Crippen LogP contribution is 2.32. The van der Waals surface area contributed by atoms with Crippen molar-refractivity contribution in [1.82, 2.24) is 0 Å². The number of aryl methyl sites for hydroxylation is 1. The van der Waals surface area contributed by atoms with Crippen LogP contribution in [0.25, 0.3) is 0 Å². The van der Waals surface area contributed by atoms with Crippen LogP contribution in [-0.2, 0) is 16.0 Å². The summed E-state index contributed by atoms with van der Waals surface area (Å²) in [5, 5.41) is 10.7. The minimum atomic E-state index is -0.431. The molecule has 1 unspecified atom stereocenters. The maximum atomic E-state index is 11.5. The summed E-state index contributed by atoms with van der Waals surface area (Å²) in [6, 6.07) is 4.71. The summed E-state index contributed by atoms with van der Waals surface area (Å²) in [4.78, 5) is 21.8. The number of carbonyl (C=O) groups excluding carboxylic acids is 1. The first kappa shape index (κ1) is 11.7. The van der Waals surface area contributed by atoms with Gasteiger partial charge in [0.15, 0.2) is 0 Å². The number of Topliss-reactive ketones (excluding diaryl/α,β-unsaturated/α-hetero) is 1. The smallest absolute Gasteiger partial charge is 0.269 e. The van der Waals surface area contributed by atoms with Gasteiger partial charge in [-0.1, -0.05) is 6.07 Å². The molecule has 5 nitrogen and oxygen atoms in total. The Balaban J connectivity index is 2.46. The van der Waals surface area contributed by atoms with Gasteiger partial charge in [-0.05, 0) is 17.5 Å². The van der Waals surface area contributed by atoms with Crippen molar-refractivity contribution < 1.29 is 14.5 Å². The Bertz CT molecular complexity index is 470.